The summed E-state index contributed by atoms with van der Waals surface area (Å²) >= 11 is 0. The van der Waals surface area contributed by atoms with Crippen LogP contribution in [0.5, 0.6) is 0 Å². The van der Waals surface area contributed by atoms with Gasteiger partial charge in [-0.2, -0.15) is 0 Å². The van der Waals surface area contributed by atoms with Gasteiger partial charge in [-0.1, -0.05) is 42.8 Å². The Labute approximate surface area is 165 Å². The van der Waals surface area contributed by atoms with E-state index in [4.69, 9.17) is 5.73 Å². The van der Waals surface area contributed by atoms with Gasteiger partial charge in [-0.25, -0.2) is 0 Å². The molecule has 3 aromatic rings. The van der Waals surface area contributed by atoms with Crippen LogP contribution in [0.1, 0.15) is 47.2 Å². The number of aromatic nitrogens is 1. The van der Waals surface area contributed by atoms with Crippen LogP contribution >= 0.6 is 0 Å². The van der Waals surface area contributed by atoms with Gasteiger partial charge < -0.3 is 16.0 Å². The van der Waals surface area contributed by atoms with Crippen molar-refractivity contribution in [3.05, 3.63) is 77.5 Å². The molecule has 1 amide bonds. The number of nitrogens with one attached hydrogen (secondary N) is 2. The molecule has 1 aromatic heterocycles. The van der Waals surface area contributed by atoms with Crippen LogP contribution in [0.3, 0.4) is 0 Å². The molecule has 1 aliphatic heterocycles. The third-order valence-corrected chi connectivity index (χ3v) is 5.67. The third-order valence-electron chi connectivity index (χ3n) is 5.67. The second-order valence-electron chi connectivity index (χ2n) is 7.59. The molecule has 0 bridgehead atoms. The summed E-state index contributed by atoms with van der Waals surface area (Å²) < 4.78 is 0. The maximum absolute atomic E-state index is 11.4. The molecule has 0 aliphatic carbocycles. The fourth-order valence-corrected chi connectivity index (χ4v) is 4.11. The van der Waals surface area contributed by atoms with E-state index in [0.29, 0.717) is 11.6 Å². The number of carbonyl (C=O) groups is 1. The van der Waals surface area contributed by atoms with Gasteiger partial charge in [0.2, 0.25) is 5.91 Å². The zero-order chi connectivity index (χ0) is 19.3. The Kier molecular flexibility index (Phi) is 5.58. The highest BCUT2D eigenvalue weighted by Crippen LogP contribution is 2.25. The van der Waals surface area contributed by atoms with Crippen LogP contribution in [-0.4, -0.2) is 23.5 Å². The lowest BCUT2D eigenvalue weighted by Gasteiger charge is -2.24. The van der Waals surface area contributed by atoms with Crippen molar-refractivity contribution in [1.82, 2.24) is 10.3 Å². The molecule has 4 nitrogen and oxygen atoms in total. The van der Waals surface area contributed by atoms with E-state index >= 15 is 0 Å². The molecule has 0 saturated carbocycles. The normalized spacial score (nSPS) is 16.9. The SMILES string of the molecule is NC(=O)c1ccc2[nH]cc(CCCCC3CC(c4ccccc4)=CCN3)c2c1. The minimum absolute atomic E-state index is 0.375. The first-order chi connectivity index (χ1) is 13.7. The molecule has 144 valence electrons. The Morgan fingerprint density at radius 1 is 1.11 bits per heavy atom. The monoisotopic (exact) mass is 373 g/mol. The quantitative estimate of drug-likeness (QED) is 0.536. The molecule has 28 heavy (non-hydrogen) atoms. The number of carbonyl (C=O) groups excluding carboxylic acids is 1. The van der Waals surface area contributed by atoms with Gasteiger partial charge in [-0.3, -0.25) is 4.79 Å². The molecule has 2 aromatic carbocycles. The van der Waals surface area contributed by atoms with Crippen LogP contribution in [0.15, 0.2) is 60.8 Å². The topological polar surface area (TPSA) is 70.9 Å². The number of hydrogen-bond acceptors (Lipinski definition) is 2. The van der Waals surface area contributed by atoms with Crippen molar-refractivity contribution in [3.63, 3.8) is 0 Å². The van der Waals surface area contributed by atoms with Gasteiger partial charge in [0.05, 0.1) is 0 Å². The summed E-state index contributed by atoms with van der Waals surface area (Å²) in [5.74, 6) is -0.375. The van der Waals surface area contributed by atoms with E-state index in [9.17, 15) is 4.79 Å². The second-order valence-corrected chi connectivity index (χ2v) is 7.59. The zero-order valence-electron chi connectivity index (χ0n) is 16.1. The molecule has 4 heteroatoms. The van der Waals surface area contributed by atoms with E-state index in [1.54, 1.807) is 6.07 Å². The summed E-state index contributed by atoms with van der Waals surface area (Å²) in [7, 11) is 0. The van der Waals surface area contributed by atoms with E-state index in [0.717, 1.165) is 36.7 Å². The maximum atomic E-state index is 11.4. The average molecular weight is 374 g/mol. The Hall–Kier alpha value is -2.85. The predicted molar refractivity (Wildman–Crippen MR) is 115 cm³/mol. The molecule has 2 heterocycles. The van der Waals surface area contributed by atoms with E-state index in [1.807, 2.05) is 12.1 Å². The van der Waals surface area contributed by atoms with Gasteiger partial charge in [0.1, 0.15) is 0 Å². The number of hydrogen-bond donors (Lipinski definition) is 3. The highest BCUT2D eigenvalue weighted by atomic mass is 16.1. The first-order valence-corrected chi connectivity index (χ1v) is 10.1. The number of amides is 1. The van der Waals surface area contributed by atoms with Gasteiger partial charge in [0.25, 0.3) is 0 Å². The Bertz CT molecular complexity index is 988. The minimum atomic E-state index is -0.375. The van der Waals surface area contributed by atoms with Crippen molar-refractivity contribution in [1.29, 1.82) is 0 Å². The largest absolute Gasteiger partial charge is 0.366 e. The molecule has 1 aliphatic rings. The van der Waals surface area contributed by atoms with E-state index in [-0.39, 0.29) is 5.91 Å². The number of fused-ring (bicyclic) bond motifs is 1. The third kappa shape index (κ3) is 4.18. The van der Waals surface area contributed by atoms with Crippen molar-refractivity contribution in [2.45, 2.75) is 38.1 Å². The molecule has 1 unspecified atom stereocenters. The summed E-state index contributed by atoms with van der Waals surface area (Å²) in [5.41, 5.74) is 11.1. The van der Waals surface area contributed by atoms with E-state index < -0.39 is 0 Å². The van der Waals surface area contributed by atoms with Crippen LogP contribution < -0.4 is 11.1 Å². The molecule has 0 radical (unpaired) electrons. The first-order valence-electron chi connectivity index (χ1n) is 10.1. The number of aromatic amines is 1. The van der Waals surface area contributed by atoms with Gasteiger partial charge in [0.15, 0.2) is 0 Å². The lowest BCUT2D eigenvalue weighted by molar-refractivity contribution is 0.100. The summed E-state index contributed by atoms with van der Waals surface area (Å²) in [4.78, 5) is 14.7. The summed E-state index contributed by atoms with van der Waals surface area (Å²) in [6, 6.07) is 16.8. The first kappa shape index (κ1) is 18.5. The second kappa shape index (κ2) is 8.44. The summed E-state index contributed by atoms with van der Waals surface area (Å²) in [6.07, 6.45) is 9.98. The van der Waals surface area contributed by atoms with E-state index in [2.05, 4.69) is 52.9 Å². The summed E-state index contributed by atoms with van der Waals surface area (Å²) in [5, 5.41) is 4.74. The molecule has 1 atom stereocenters. The predicted octanol–water partition coefficient (Wildman–Crippen LogP) is 4.43. The Morgan fingerprint density at radius 3 is 2.79 bits per heavy atom. The molecule has 0 saturated heterocycles. The molecular weight excluding hydrogens is 346 g/mol. The highest BCUT2D eigenvalue weighted by molar-refractivity contribution is 5.97. The number of primary amides is 1. The van der Waals surface area contributed by atoms with Gasteiger partial charge in [-0.15, -0.1) is 0 Å². The molecule has 0 fully saturated rings. The standard InChI is InChI=1S/C24H27N3O/c25-24(28)19-10-11-23-22(15-19)20(16-27-23)8-4-5-9-21-14-18(12-13-26-21)17-6-2-1-3-7-17/h1-3,6-7,10-12,15-16,21,26-27H,4-5,8-9,13-14H2,(H2,25,28). The Morgan fingerprint density at radius 2 is 1.96 bits per heavy atom. The van der Waals surface area contributed by atoms with Crippen LogP contribution in [0.2, 0.25) is 0 Å². The van der Waals surface area contributed by atoms with Crippen molar-refractivity contribution >= 4 is 22.4 Å². The highest BCUT2D eigenvalue weighted by Gasteiger charge is 2.15. The summed E-state index contributed by atoms with van der Waals surface area (Å²) in [6.45, 7) is 0.952. The number of unbranched alkanes of at least 4 members (excludes halogenated alkanes) is 1. The minimum Gasteiger partial charge on any atom is -0.366 e. The number of H-pyrrole nitrogens is 1. The van der Waals surface area contributed by atoms with Gasteiger partial charge in [-0.05, 0) is 60.6 Å². The number of rotatable bonds is 7. The van der Waals surface area contributed by atoms with Crippen LogP contribution in [0, 0.1) is 0 Å². The number of aryl methyl sites for hydroxylation is 1. The fraction of sp³-hybridized carbons (Fsp3) is 0.292. The lowest BCUT2D eigenvalue weighted by atomic mass is 9.92. The molecule has 0 spiro atoms. The molecule has 4 rings (SSSR count). The van der Waals surface area contributed by atoms with Crippen LogP contribution in [0.4, 0.5) is 0 Å². The van der Waals surface area contributed by atoms with Gasteiger partial charge >= 0.3 is 0 Å². The van der Waals surface area contributed by atoms with Crippen molar-refractivity contribution in [2.24, 2.45) is 5.73 Å². The van der Waals surface area contributed by atoms with Crippen molar-refractivity contribution in [3.8, 4) is 0 Å². The average Bonchev–Trinajstić information content (AvgIpc) is 3.14. The van der Waals surface area contributed by atoms with Gasteiger partial charge in [0, 0.05) is 35.2 Å². The zero-order valence-corrected chi connectivity index (χ0v) is 16.1. The van der Waals surface area contributed by atoms with E-state index in [1.165, 1.54) is 29.5 Å². The molecule has 4 N–H and O–H groups in total. The lowest BCUT2D eigenvalue weighted by Crippen LogP contribution is -2.32. The Balaban J connectivity index is 1.30. The smallest absolute Gasteiger partial charge is 0.248 e. The molecular formula is C24H27N3O. The number of benzene rings is 2. The van der Waals surface area contributed by atoms with Crippen LogP contribution in [-0.2, 0) is 6.42 Å². The van der Waals surface area contributed by atoms with Crippen LogP contribution in [0.25, 0.3) is 16.5 Å². The maximum Gasteiger partial charge on any atom is 0.248 e. The number of nitrogens with two attached hydrogens (primary N) is 1. The van der Waals surface area contributed by atoms with Crippen molar-refractivity contribution in [2.75, 3.05) is 6.54 Å². The van der Waals surface area contributed by atoms with Crippen molar-refractivity contribution < 1.29 is 4.79 Å². The fourth-order valence-electron chi connectivity index (χ4n) is 4.11.